The number of nitrogens with one attached hydrogen (secondary N) is 1. The lowest BCUT2D eigenvalue weighted by atomic mass is 9.98. The Morgan fingerprint density at radius 2 is 2.08 bits per heavy atom. The zero-order valence-electron chi connectivity index (χ0n) is 13.5. The molecule has 0 unspecified atom stereocenters. The Labute approximate surface area is 138 Å². The summed E-state index contributed by atoms with van der Waals surface area (Å²) in [5.41, 5.74) is -0.817. The van der Waals surface area contributed by atoms with Crippen LogP contribution in [0.1, 0.15) is 44.9 Å². The van der Waals surface area contributed by atoms with Crippen LogP contribution in [0.5, 0.6) is 0 Å². The predicted octanol–water partition coefficient (Wildman–Crippen LogP) is -0.00910. The first kappa shape index (κ1) is 16.3. The highest BCUT2D eigenvalue weighted by Crippen LogP contribution is 2.34. The summed E-state index contributed by atoms with van der Waals surface area (Å²) in [6, 6.07) is -0.533. The van der Waals surface area contributed by atoms with Gasteiger partial charge in [0.15, 0.2) is 12.4 Å². The van der Waals surface area contributed by atoms with E-state index < -0.39 is 24.1 Å². The third-order valence-corrected chi connectivity index (χ3v) is 4.39. The van der Waals surface area contributed by atoms with E-state index in [0.717, 1.165) is 24.2 Å². The molecule has 1 aliphatic carbocycles. The fraction of sp³-hybridized carbons (Fsp3) is 0.714. The van der Waals surface area contributed by atoms with Crippen LogP contribution in [0.15, 0.2) is 0 Å². The van der Waals surface area contributed by atoms with Crippen molar-refractivity contribution in [3.63, 3.8) is 0 Å². The molecule has 2 heterocycles. The molecule has 10 heteroatoms. The lowest BCUT2D eigenvalue weighted by Gasteiger charge is -2.19. The molecule has 24 heavy (non-hydrogen) atoms. The normalized spacial score (nSPS) is 19.1. The molecular formula is C14H20N6O4. The minimum atomic E-state index is -0.817. The fourth-order valence-corrected chi connectivity index (χ4v) is 3.17. The maximum atomic E-state index is 12.4. The Morgan fingerprint density at radius 1 is 1.33 bits per heavy atom. The highest BCUT2D eigenvalue weighted by Gasteiger charge is 2.52. The Morgan fingerprint density at radius 3 is 2.79 bits per heavy atom. The van der Waals surface area contributed by atoms with Gasteiger partial charge in [0.2, 0.25) is 0 Å². The zero-order chi connectivity index (χ0) is 17.2. The lowest BCUT2D eigenvalue weighted by molar-refractivity contribution is -0.149. The molecular weight excluding hydrogens is 316 g/mol. The standard InChI is InChI=1S/C14H20N6O4/c1-2-7-20-10(16-17-18-20)9-24-11(21)8-19-12(22)14(15-13(19)23)5-3-4-6-14/h2-9H2,1H3,(H,15,23). The maximum Gasteiger partial charge on any atom is 0.326 e. The van der Waals surface area contributed by atoms with Gasteiger partial charge in [-0.15, -0.1) is 5.10 Å². The molecule has 2 aliphatic rings. The molecule has 1 saturated carbocycles. The molecule has 10 nitrogen and oxygen atoms in total. The number of carbonyl (C=O) groups excluding carboxylic acids is 3. The molecule has 130 valence electrons. The minimum Gasteiger partial charge on any atom is -0.456 e. The SMILES string of the molecule is CCCn1nnnc1COC(=O)CN1C(=O)NC2(CCCC2)C1=O. The van der Waals surface area contributed by atoms with E-state index in [0.29, 0.717) is 25.2 Å². The van der Waals surface area contributed by atoms with Crippen LogP contribution in [0.2, 0.25) is 0 Å². The molecule has 1 N–H and O–H groups in total. The van der Waals surface area contributed by atoms with Crippen LogP contribution in [0.25, 0.3) is 0 Å². The summed E-state index contributed by atoms with van der Waals surface area (Å²) in [7, 11) is 0. The van der Waals surface area contributed by atoms with Gasteiger partial charge in [0.1, 0.15) is 12.1 Å². The third-order valence-electron chi connectivity index (χ3n) is 4.39. The van der Waals surface area contributed by atoms with Crippen molar-refractivity contribution >= 4 is 17.9 Å². The second-order valence-electron chi connectivity index (χ2n) is 6.09. The van der Waals surface area contributed by atoms with Crippen molar-refractivity contribution < 1.29 is 19.1 Å². The number of aromatic nitrogens is 4. The second kappa shape index (κ2) is 6.54. The van der Waals surface area contributed by atoms with E-state index in [1.807, 2.05) is 6.92 Å². The number of hydrogen-bond acceptors (Lipinski definition) is 7. The largest absolute Gasteiger partial charge is 0.456 e. The third kappa shape index (κ3) is 2.95. The van der Waals surface area contributed by atoms with Crippen molar-refractivity contribution in [1.82, 2.24) is 30.4 Å². The number of ether oxygens (including phenoxy) is 1. The van der Waals surface area contributed by atoms with Gasteiger partial charge >= 0.3 is 12.0 Å². The molecule has 1 aliphatic heterocycles. The molecule has 3 amide bonds. The molecule has 1 spiro atoms. The summed E-state index contributed by atoms with van der Waals surface area (Å²) in [4.78, 5) is 37.4. The molecule has 3 rings (SSSR count). The molecule has 1 aromatic rings. The summed E-state index contributed by atoms with van der Waals surface area (Å²) in [5, 5.41) is 13.8. The first-order valence-corrected chi connectivity index (χ1v) is 8.10. The molecule has 0 radical (unpaired) electrons. The van der Waals surface area contributed by atoms with Gasteiger partial charge in [-0.1, -0.05) is 19.8 Å². The van der Waals surface area contributed by atoms with Gasteiger partial charge in [0, 0.05) is 6.54 Å². The smallest absolute Gasteiger partial charge is 0.326 e. The van der Waals surface area contributed by atoms with Gasteiger partial charge in [0.25, 0.3) is 5.91 Å². The number of urea groups is 1. The summed E-state index contributed by atoms with van der Waals surface area (Å²) in [6.45, 7) is 2.10. The van der Waals surface area contributed by atoms with Crippen molar-refractivity contribution in [3.8, 4) is 0 Å². The minimum absolute atomic E-state index is 0.0966. The molecule has 0 bridgehead atoms. The van der Waals surface area contributed by atoms with Crippen molar-refractivity contribution in [3.05, 3.63) is 5.82 Å². The van der Waals surface area contributed by atoms with E-state index in [2.05, 4.69) is 20.8 Å². The van der Waals surface area contributed by atoms with Gasteiger partial charge in [-0.05, 0) is 29.7 Å². The van der Waals surface area contributed by atoms with Gasteiger partial charge in [-0.3, -0.25) is 14.5 Å². The Balaban J connectivity index is 1.56. The number of hydrogen-bond donors (Lipinski definition) is 1. The number of amides is 3. The van der Waals surface area contributed by atoms with Gasteiger partial charge in [0.05, 0.1) is 0 Å². The average Bonchev–Trinajstić information content (AvgIpc) is 3.24. The van der Waals surface area contributed by atoms with Crippen LogP contribution < -0.4 is 5.32 Å². The highest BCUT2D eigenvalue weighted by atomic mass is 16.5. The van der Waals surface area contributed by atoms with Gasteiger partial charge < -0.3 is 10.1 Å². The lowest BCUT2D eigenvalue weighted by Crippen LogP contribution is -2.44. The summed E-state index contributed by atoms with van der Waals surface area (Å²) in [6.07, 6.45) is 3.87. The van der Waals surface area contributed by atoms with Crippen LogP contribution >= 0.6 is 0 Å². The van der Waals surface area contributed by atoms with E-state index in [4.69, 9.17) is 4.74 Å². The van der Waals surface area contributed by atoms with Crippen LogP contribution in [0.4, 0.5) is 4.79 Å². The molecule has 1 saturated heterocycles. The van der Waals surface area contributed by atoms with E-state index in [1.54, 1.807) is 4.68 Å². The van der Waals surface area contributed by atoms with Crippen molar-refractivity contribution in [1.29, 1.82) is 0 Å². The van der Waals surface area contributed by atoms with Gasteiger partial charge in [-0.25, -0.2) is 9.48 Å². The summed E-state index contributed by atoms with van der Waals surface area (Å²) >= 11 is 0. The number of nitrogens with zero attached hydrogens (tertiary/aromatic N) is 5. The van der Waals surface area contributed by atoms with Crippen molar-refractivity contribution in [2.24, 2.45) is 0 Å². The number of imide groups is 1. The molecule has 0 atom stereocenters. The average molecular weight is 336 g/mol. The molecule has 1 aromatic heterocycles. The van der Waals surface area contributed by atoms with Crippen LogP contribution in [-0.4, -0.2) is 55.1 Å². The number of esters is 1. The molecule has 2 fully saturated rings. The van der Waals surface area contributed by atoms with Crippen LogP contribution in [-0.2, 0) is 27.5 Å². The summed E-state index contributed by atoms with van der Waals surface area (Å²) in [5.74, 6) is -0.577. The van der Waals surface area contributed by atoms with E-state index >= 15 is 0 Å². The maximum absolute atomic E-state index is 12.4. The number of rotatable bonds is 6. The van der Waals surface area contributed by atoms with Crippen LogP contribution in [0.3, 0.4) is 0 Å². The quantitative estimate of drug-likeness (QED) is 0.573. The Hall–Kier alpha value is -2.52. The summed E-state index contributed by atoms with van der Waals surface area (Å²) < 4.78 is 6.66. The predicted molar refractivity (Wildman–Crippen MR) is 79.3 cm³/mol. The number of tetrazole rings is 1. The topological polar surface area (TPSA) is 119 Å². The fourth-order valence-electron chi connectivity index (χ4n) is 3.17. The van der Waals surface area contributed by atoms with Crippen molar-refractivity contribution in [2.45, 2.75) is 57.7 Å². The molecule has 0 aromatic carbocycles. The van der Waals surface area contributed by atoms with E-state index in [1.165, 1.54) is 0 Å². The first-order chi connectivity index (χ1) is 11.6. The monoisotopic (exact) mass is 336 g/mol. The Bertz CT molecular complexity index is 651. The van der Waals surface area contributed by atoms with Gasteiger partial charge in [-0.2, -0.15) is 0 Å². The van der Waals surface area contributed by atoms with E-state index in [9.17, 15) is 14.4 Å². The van der Waals surface area contributed by atoms with E-state index in [-0.39, 0.29) is 12.5 Å². The number of aryl methyl sites for hydroxylation is 1. The van der Waals surface area contributed by atoms with Crippen LogP contribution in [0, 0.1) is 0 Å². The van der Waals surface area contributed by atoms with Crippen molar-refractivity contribution in [2.75, 3.05) is 6.54 Å². The number of carbonyl (C=O) groups is 3. The Kier molecular flexibility index (Phi) is 4.45. The zero-order valence-corrected chi connectivity index (χ0v) is 13.5. The highest BCUT2D eigenvalue weighted by molar-refractivity contribution is 6.08. The first-order valence-electron chi connectivity index (χ1n) is 8.10. The second-order valence-corrected chi connectivity index (χ2v) is 6.09.